The lowest BCUT2D eigenvalue weighted by Crippen LogP contribution is -2.47. The van der Waals surface area contributed by atoms with Crippen LogP contribution in [0.25, 0.3) is 0 Å². The number of carboxylic acid groups (broad SMARTS) is 1. The maximum absolute atomic E-state index is 12.2. The molecule has 2 N–H and O–H groups in total. The third-order valence-corrected chi connectivity index (χ3v) is 4.20. The van der Waals surface area contributed by atoms with Crippen molar-refractivity contribution in [3.8, 4) is 0 Å². The first-order chi connectivity index (χ1) is 10.1. The molecule has 1 fully saturated rings. The van der Waals surface area contributed by atoms with E-state index in [1.54, 1.807) is 0 Å². The van der Waals surface area contributed by atoms with Crippen molar-refractivity contribution in [1.82, 2.24) is 5.32 Å². The van der Waals surface area contributed by atoms with Gasteiger partial charge in [-0.05, 0) is 25.3 Å². The molecule has 5 nitrogen and oxygen atoms in total. The van der Waals surface area contributed by atoms with Crippen LogP contribution >= 0.6 is 0 Å². The molecule has 21 heavy (non-hydrogen) atoms. The van der Waals surface area contributed by atoms with Gasteiger partial charge in [-0.1, -0.05) is 30.3 Å². The summed E-state index contributed by atoms with van der Waals surface area (Å²) in [7, 11) is 0. The number of carbonyl (C=O) groups is 2. The van der Waals surface area contributed by atoms with Crippen molar-refractivity contribution in [2.45, 2.75) is 25.7 Å². The van der Waals surface area contributed by atoms with Crippen LogP contribution in [0.4, 0.5) is 0 Å². The van der Waals surface area contributed by atoms with E-state index in [0.29, 0.717) is 26.1 Å². The Hall–Kier alpha value is -1.88. The maximum Gasteiger partial charge on any atom is 0.311 e. The second-order valence-electron chi connectivity index (χ2n) is 5.55. The predicted octanol–water partition coefficient (Wildman–Crippen LogP) is 1.79. The normalized spacial score (nSPS) is 18.7. The van der Waals surface area contributed by atoms with Gasteiger partial charge in [0.15, 0.2) is 0 Å². The molecule has 0 aromatic heterocycles. The Balaban J connectivity index is 1.97. The van der Waals surface area contributed by atoms with E-state index in [2.05, 4.69) is 5.32 Å². The topological polar surface area (TPSA) is 75.6 Å². The van der Waals surface area contributed by atoms with Gasteiger partial charge in [0.25, 0.3) is 0 Å². The van der Waals surface area contributed by atoms with Gasteiger partial charge in [0.1, 0.15) is 0 Å². The van der Waals surface area contributed by atoms with E-state index in [9.17, 15) is 14.7 Å². The predicted molar refractivity (Wildman–Crippen MR) is 78.0 cm³/mol. The van der Waals surface area contributed by atoms with Crippen LogP contribution in [0.5, 0.6) is 0 Å². The van der Waals surface area contributed by atoms with Gasteiger partial charge in [-0.25, -0.2) is 0 Å². The fraction of sp³-hybridized carbons (Fsp3) is 0.500. The summed E-state index contributed by atoms with van der Waals surface area (Å²) in [6, 6.07) is 9.46. The molecule has 5 heteroatoms. The molecule has 1 saturated heterocycles. The maximum atomic E-state index is 12.2. The summed E-state index contributed by atoms with van der Waals surface area (Å²) in [5.74, 6) is -1.30. The highest BCUT2D eigenvalue weighted by atomic mass is 16.5. The minimum atomic E-state index is -0.898. The number of aliphatic carboxylic acids is 1. The standard InChI is InChI=1S/C16H21NO4/c1-12(13-5-3-2-4-6-13)14(18)17-11-16(15(19)20)7-9-21-10-8-16/h2-6,12H,7-11H2,1H3,(H,17,18)(H,19,20)/t12-/m1/s1. The molecule has 0 aliphatic carbocycles. The average Bonchev–Trinajstić information content (AvgIpc) is 2.53. The van der Waals surface area contributed by atoms with Gasteiger partial charge in [-0.2, -0.15) is 0 Å². The van der Waals surface area contributed by atoms with Gasteiger partial charge < -0.3 is 15.2 Å². The van der Waals surface area contributed by atoms with Gasteiger partial charge in [-0.3, -0.25) is 9.59 Å². The van der Waals surface area contributed by atoms with Crippen molar-refractivity contribution in [2.75, 3.05) is 19.8 Å². The molecule has 1 aromatic carbocycles. The summed E-state index contributed by atoms with van der Waals surface area (Å²) in [5, 5.41) is 12.2. The highest BCUT2D eigenvalue weighted by Gasteiger charge is 2.40. The molecular weight excluding hydrogens is 270 g/mol. The summed E-state index contributed by atoms with van der Waals surface area (Å²) >= 11 is 0. The smallest absolute Gasteiger partial charge is 0.311 e. The number of benzene rings is 1. The molecule has 0 spiro atoms. The van der Waals surface area contributed by atoms with Crippen molar-refractivity contribution in [3.05, 3.63) is 35.9 Å². The number of nitrogens with one attached hydrogen (secondary N) is 1. The van der Waals surface area contributed by atoms with Crippen molar-refractivity contribution in [1.29, 1.82) is 0 Å². The Labute approximate surface area is 124 Å². The van der Waals surface area contributed by atoms with Gasteiger partial charge in [0.2, 0.25) is 5.91 Å². The third-order valence-electron chi connectivity index (χ3n) is 4.20. The molecule has 114 valence electrons. The lowest BCUT2D eigenvalue weighted by Gasteiger charge is -2.33. The van der Waals surface area contributed by atoms with Gasteiger partial charge in [0.05, 0.1) is 11.3 Å². The van der Waals surface area contributed by atoms with Crippen LogP contribution in [-0.2, 0) is 14.3 Å². The molecule has 0 radical (unpaired) electrons. The van der Waals surface area contributed by atoms with Crippen LogP contribution in [-0.4, -0.2) is 36.7 Å². The number of ether oxygens (including phenoxy) is 1. The lowest BCUT2D eigenvalue weighted by molar-refractivity contribution is -0.154. The minimum Gasteiger partial charge on any atom is -0.481 e. The van der Waals surface area contributed by atoms with E-state index in [4.69, 9.17) is 4.74 Å². The van der Waals surface area contributed by atoms with E-state index in [-0.39, 0.29) is 18.4 Å². The van der Waals surface area contributed by atoms with E-state index in [1.165, 1.54) is 0 Å². The quantitative estimate of drug-likeness (QED) is 0.867. The van der Waals surface area contributed by atoms with Crippen LogP contribution in [0.3, 0.4) is 0 Å². The molecule has 1 atom stereocenters. The molecule has 1 amide bonds. The molecule has 2 rings (SSSR count). The fourth-order valence-corrected chi connectivity index (χ4v) is 2.53. The monoisotopic (exact) mass is 291 g/mol. The number of carboxylic acids is 1. The van der Waals surface area contributed by atoms with Crippen LogP contribution in [0.15, 0.2) is 30.3 Å². The van der Waals surface area contributed by atoms with Crippen molar-refractivity contribution in [2.24, 2.45) is 5.41 Å². The molecule has 0 bridgehead atoms. The largest absolute Gasteiger partial charge is 0.481 e. The second kappa shape index (κ2) is 6.72. The number of hydrogen-bond donors (Lipinski definition) is 2. The SMILES string of the molecule is C[C@@H](C(=O)NCC1(C(=O)O)CCOCC1)c1ccccc1. The highest BCUT2D eigenvalue weighted by molar-refractivity contribution is 5.84. The van der Waals surface area contributed by atoms with Crippen LogP contribution < -0.4 is 5.32 Å². The Kier molecular flexibility index (Phi) is 4.96. The zero-order chi connectivity index (χ0) is 15.3. The van der Waals surface area contributed by atoms with Crippen molar-refractivity contribution in [3.63, 3.8) is 0 Å². The Morgan fingerprint density at radius 2 is 1.90 bits per heavy atom. The van der Waals surface area contributed by atoms with E-state index in [1.807, 2.05) is 37.3 Å². The molecule has 0 unspecified atom stereocenters. The molecular formula is C16H21NO4. The summed E-state index contributed by atoms with van der Waals surface area (Å²) in [6.07, 6.45) is 0.866. The number of rotatable bonds is 5. The van der Waals surface area contributed by atoms with Crippen LogP contribution in [0, 0.1) is 5.41 Å². The average molecular weight is 291 g/mol. The summed E-state index contributed by atoms with van der Waals surface area (Å²) < 4.78 is 5.22. The van der Waals surface area contributed by atoms with E-state index < -0.39 is 11.4 Å². The van der Waals surface area contributed by atoms with Gasteiger partial charge in [0, 0.05) is 19.8 Å². The van der Waals surface area contributed by atoms with Gasteiger partial charge >= 0.3 is 5.97 Å². The summed E-state index contributed by atoms with van der Waals surface area (Å²) in [5.41, 5.74) is 0.0241. The molecule has 1 aromatic rings. The number of amides is 1. The Bertz CT molecular complexity index is 494. The lowest BCUT2D eigenvalue weighted by atomic mass is 9.80. The zero-order valence-electron chi connectivity index (χ0n) is 12.2. The van der Waals surface area contributed by atoms with Crippen molar-refractivity contribution >= 4 is 11.9 Å². The van der Waals surface area contributed by atoms with Crippen LogP contribution in [0.1, 0.15) is 31.2 Å². The van der Waals surface area contributed by atoms with Gasteiger partial charge in [-0.15, -0.1) is 0 Å². The molecule has 1 aliphatic heterocycles. The highest BCUT2D eigenvalue weighted by Crippen LogP contribution is 2.30. The Morgan fingerprint density at radius 1 is 1.29 bits per heavy atom. The summed E-state index contributed by atoms with van der Waals surface area (Å²) in [4.78, 5) is 23.7. The first-order valence-electron chi connectivity index (χ1n) is 7.19. The first kappa shape index (κ1) is 15.5. The summed E-state index contributed by atoms with van der Waals surface area (Å²) in [6.45, 7) is 2.83. The number of hydrogen-bond acceptors (Lipinski definition) is 3. The molecule has 0 saturated carbocycles. The number of carbonyl (C=O) groups excluding carboxylic acids is 1. The van der Waals surface area contributed by atoms with E-state index in [0.717, 1.165) is 5.56 Å². The zero-order valence-corrected chi connectivity index (χ0v) is 12.2. The third kappa shape index (κ3) is 3.61. The molecule has 1 heterocycles. The Morgan fingerprint density at radius 3 is 2.48 bits per heavy atom. The van der Waals surface area contributed by atoms with Crippen molar-refractivity contribution < 1.29 is 19.4 Å². The first-order valence-corrected chi connectivity index (χ1v) is 7.19. The van der Waals surface area contributed by atoms with Crippen LogP contribution in [0.2, 0.25) is 0 Å². The van der Waals surface area contributed by atoms with E-state index >= 15 is 0 Å². The molecule has 1 aliphatic rings. The fourth-order valence-electron chi connectivity index (χ4n) is 2.53. The second-order valence-corrected chi connectivity index (χ2v) is 5.55. The minimum absolute atomic E-state index is 0.145.